The van der Waals surface area contributed by atoms with Crippen LogP contribution in [0.4, 0.5) is 24.7 Å². The summed E-state index contributed by atoms with van der Waals surface area (Å²) in [5.41, 5.74) is 5.18. The van der Waals surface area contributed by atoms with Gasteiger partial charge in [-0.2, -0.15) is 9.97 Å². The van der Waals surface area contributed by atoms with Crippen molar-refractivity contribution in [1.82, 2.24) is 25.2 Å². The first-order chi connectivity index (χ1) is 20.1. The highest BCUT2D eigenvalue weighted by Crippen LogP contribution is 2.43. The molecule has 2 aromatic heterocycles. The maximum Gasteiger partial charge on any atom is 0.319 e. The van der Waals surface area contributed by atoms with Gasteiger partial charge in [0.1, 0.15) is 35.2 Å². The van der Waals surface area contributed by atoms with Gasteiger partial charge in [-0.3, -0.25) is 4.90 Å². The molecule has 5 heterocycles. The normalized spacial score (nSPS) is 26.4. The fourth-order valence-corrected chi connectivity index (χ4v) is 6.52. The number of hydrogen-bond donors (Lipinski definition) is 3. The van der Waals surface area contributed by atoms with Crippen molar-refractivity contribution in [1.29, 1.82) is 0 Å². The van der Waals surface area contributed by atoms with Crippen LogP contribution in [0.3, 0.4) is 0 Å². The molecule has 6 rings (SSSR count). The zero-order chi connectivity index (χ0) is 29.8. The average molecular weight is 606 g/mol. The third-order valence-electron chi connectivity index (χ3n) is 8.60. The van der Waals surface area contributed by atoms with Gasteiger partial charge in [-0.25, -0.2) is 18.2 Å². The van der Waals surface area contributed by atoms with Crippen LogP contribution in [0.1, 0.15) is 45.1 Å². The molecule has 0 bridgehead atoms. The Balaban J connectivity index is 1.51. The molecule has 3 aromatic rings. The number of fused-ring (bicyclic) bond motifs is 1. The lowest BCUT2D eigenvalue weighted by atomic mass is 9.95. The molecule has 13 heteroatoms. The minimum absolute atomic E-state index is 0.0197. The van der Waals surface area contributed by atoms with Gasteiger partial charge in [0, 0.05) is 36.7 Å². The Labute approximate surface area is 247 Å². The van der Waals surface area contributed by atoms with E-state index in [2.05, 4.69) is 30.5 Å². The third-order valence-corrected chi connectivity index (χ3v) is 9.08. The van der Waals surface area contributed by atoms with Crippen LogP contribution < -0.4 is 25.8 Å². The number of nitrogens with one attached hydrogen (secondary N) is 2. The Hall–Kier alpha value is -3.09. The highest BCUT2D eigenvalue weighted by molar-refractivity contribution is 6.34. The van der Waals surface area contributed by atoms with E-state index in [4.69, 9.17) is 26.8 Å². The Morgan fingerprint density at radius 3 is 2.86 bits per heavy atom. The van der Waals surface area contributed by atoms with Crippen LogP contribution in [0, 0.1) is 18.6 Å². The van der Waals surface area contributed by atoms with Crippen LogP contribution in [0.15, 0.2) is 6.07 Å². The number of nitrogens with zero attached hydrogens (tertiary/aromatic N) is 4. The molecular weight excluding hydrogens is 571 g/mol. The predicted octanol–water partition coefficient (Wildman–Crippen LogP) is 5.03. The predicted molar refractivity (Wildman–Crippen MR) is 156 cm³/mol. The SMILES string of the molecule is Cc1c(F)c(N)cc(-c2nc3c4c(nc(OC[C@@]56CCCN5C[C@H](F)C6)nc4c2F)NCC(C)NCC[C@H](C)O3)c1Cl. The van der Waals surface area contributed by atoms with E-state index in [-0.39, 0.29) is 69.1 Å². The van der Waals surface area contributed by atoms with Crippen molar-refractivity contribution in [2.75, 3.05) is 43.8 Å². The summed E-state index contributed by atoms with van der Waals surface area (Å²) in [5.74, 6) is -1.09. The molecule has 2 fully saturated rings. The van der Waals surface area contributed by atoms with Crippen molar-refractivity contribution >= 4 is 34.0 Å². The van der Waals surface area contributed by atoms with Crippen LogP contribution in [-0.2, 0) is 0 Å². The number of aromatic nitrogens is 3. The van der Waals surface area contributed by atoms with Gasteiger partial charge in [-0.15, -0.1) is 0 Å². The molecule has 4 atom stereocenters. The van der Waals surface area contributed by atoms with E-state index in [0.29, 0.717) is 38.3 Å². The van der Waals surface area contributed by atoms with Crippen molar-refractivity contribution in [3.63, 3.8) is 0 Å². The lowest BCUT2D eigenvalue weighted by Gasteiger charge is -2.30. The van der Waals surface area contributed by atoms with Crippen molar-refractivity contribution in [2.24, 2.45) is 0 Å². The first kappa shape index (κ1) is 29.0. The third kappa shape index (κ3) is 5.17. The van der Waals surface area contributed by atoms with Gasteiger partial charge in [0.05, 0.1) is 22.4 Å². The van der Waals surface area contributed by atoms with Crippen molar-refractivity contribution in [3.8, 4) is 23.1 Å². The summed E-state index contributed by atoms with van der Waals surface area (Å²) in [6.45, 7) is 7.91. The Morgan fingerprint density at radius 2 is 2.05 bits per heavy atom. The second kappa shape index (κ2) is 11.2. The molecule has 1 aromatic carbocycles. The van der Waals surface area contributed by atoms with Gasteiger partial charge in [-0.05, 0) is 59.2 Å². The summed E-state index contributed by atoms with van der Waals surface area (Å²) in [4.78, 5) is 15.8. The number of anilines is 2. The molecule has 0 radical (unpaired) electrons. The number of benzene rings is 1. The fourth-order valence-electron chi connectivity index (χ4n) is 6.30. The molecule has 0 saturated carbocycles. The van der Waals surface area contributed by atoms with E-state index >= 15 is 4.39 Å². The van der Waals surface area contributed by atoms with Crippen LogP contribution >= 0.6 is 11.6 Å². The number of hydrogen-bond acceptors (Lipinski definition) is 9. The number of rotatable bonds is 4. The summed E-state index contributed by atoms with van der Waals surface area (Å²) in [7, 11) is 0. The van der Waals surface area contributed by atoms with Gasteiger partial charge < -0.3 is 25.8 Å². The topological polar surface area (TPSA) is 110 Å². The summed E-state index contributed by atoms with van der Waals surface area (Å²) < 4.78 is 57.8. The number of pyridine rings is 1. The first-order valence-corrected chi connectivity index (χ1v) is 14.8. The van der Waals surface area contributed by atoms with E-state index in [1.807, 2.05) is 13.8 Å². The molecular formula is C29H35ClF3N7O2. The number of nitrogens with two attached hydrogens (primary N) is 1. The molecule has 2 saturated heterocycles. The van der Waals surface area contributed by atoms with Gasteiger partial charge in [0.2, 0.25) is 5.88 Å². The maximum atomic E-state index is 16.5. The number of halogens is 4. The lowest BCUT2D eigenvalue weighted by Crippen LogP contribution is -2.43. The minimum atomic E-state index is -0.920. The smallest absolute Gasteiger partial charge is 0.319 e. The molecule has 4 N–H and O–H groups in total. The second-order valence-electron chi connectivity index (χ2n) is 11.7. The maximum absolute atomic E-state index is 16.5. The Bertz CT molecular complexity index is 1530. The standard InChI is InChI=1S/C29H35ClF3N7O2/c1-14-11-36-26-20-25(38-28(39-26)41-13-29-6-4-8-40(29)12-17(31)10-29)23(33)24(37-27(20)42-15(2)5-7-35-14)18-9-19(34)22(32)16(3)21(18)30/h9,14-15,17,35H,4-8,10-13,34H2,1-3H3,(H,36,38,39)/t14?,15-,17+,29-/m0/s1. The molecule has 3 aliphatic heterocycles. The molecule has 0 amide bonds. The number of alkyl halides is 1. The van der Waals surface area contributed by atoms with Gasteiger partial charge in [0.25, 0.3) is 0 Å². The van der Waals surface area contributed by atoms with Crippen molar-refractivity contribution in [3.05, 3.63) is 28.3 Å². The largest absolute Gasteiger partial charge is 0.474 e. The van der Waals surface area contributed by atoms with Crippen molar-refractivity contribution < 1.29 is 22.6 Å². The van der Waals surface area contributed by atoms with E-state index < -0.39 is 23.3 Å². The summed E-state index contributed by atoms with van der Waals surface area (Å²) in [5, 5.41) is 6.94. The van der Waals surface area contributed by atoms with E-state index in [1.54, 1.807) is 0 Å². The van der Waals surface area contributed by atoms with E-state index in [1.165, 1.54) is 13.0 Å². The van der Waals surface area contributed by atoms with Crippen LogP contribution in [0.2, 0.25) is 5.02 Å². The fraction of sp³-hybridized carbons (Fsp3) is 0.552. The molecule has 1 unspecified atom stereocenters. The summed E-state index contributed by atoms with van der Waals surface area (Å²) in [6.07, 6.45) is 1.58. The summed E-state index contributed by atoms with van der Waals surface area (Å²) >= 11 is 6.50. The molecule has 9 nitrogen and oxygen atoms in total. The Kier molecular flexibility index (Phi) is 7.73. The van der Waals surface area contributed by atoms with Crippen LogP contribution in [0.5, 0.6) is 11.9 Å². The van der Waals surface area contributed by atoms with E-state index in [9.17, 15) is 8.78 Å². The van der Waals surface area contributed by atoms with Crippen LogP contribution in [-0.4, -0.2) is 76.5 Å². The number of nitrogen functional groups attached to an aromatic ring is 1. The van der Waals surface area contributed by atoms with Crippen molar-refractivity contribution in [2.45, 2.75) is 70.3 Å². The molecule has 3 aliphatic rings. The lowest BCUT2D eigenvalue weighted by molar-refractivity contribution is 0.107. The average Bonchev–Trinajstić information content (AvgIpc) is 3.47. The van der Waals surface area contributed by atoms with Gasteiger partial charge in [0.15, 0.2) is 11.6 Å². The highest BCUT2D eigenvalue weighted by Gasteiger charge is 2.49. The van der Waals surface area contributed by atoms with Gasteiger partial charge >= 0.3 is 6.01 Å². The zero-order valence-corrected chi connectivity index (χ0v) is 24.6. The quantitative estimate of drug-likeness (QED) is 0.353. The van der Waals surface area contributed by atoms with Crippen LogP contribution in [0.25, 0.3) is 22.2 Å². The second-order valence-corrected chi connectivity index (χ2v) is 12.1. The first-order valence-electron chi connectivity index (χ1n) is 14.4. The molecule has 42 heavy (non-hydrogen) atoms. The Morgan fingerprint density at radius 1 is 1.24 bits per heavy atom. The minimum Gasteiger partial charge on any atom is -0.474 e. The monoisotopic (exact) mass is 605 g/mol. The molecule has 0 aliphatic carbocycles. The van der Waals surface area contributed by atoms with Gasteiger partial charge in [-0.1, -0.05) is 11.6 Å². The highest BCUT2D eigenvalue weighted by atomic mass is 35.5. The molecule has 226 valence electrons. The van der Waals surface area contributed by atoms with E-state index in [0.717, 1.165) is 19.4 Å². The zero-order valence-electron chi connectivity index (χ0n) is 23.9. The molecule has 0 spiro atoms. The number of ether oxygens (including phenoxy) is 2. The summed E-state index contributed by atoms with van der Waals surface area (Å²) in [6, 6.07) is 1.27.